The van der Waals surface area contributed by atoms with E-state index in [0.717, 1.165) is 29.7 Å². The fourth-order valence-electron chi connectivity index (χ4n) is 4.01. The lowest BCUT2D eigenvalue weighted by Gasteiger charge is -2.17. The second-order valence-electron chi connectivity index (χ2n) is 8.14. The molecule has 2 aromatic heterocycles. The predicted octanol–water partition coefficient (Wildman–Crippen LogP) is 3.64. The van der Waals surface area contributed by atoms with E-state index in [0.29, 0.717) is 29.8 Å². The van der Waals surface area contributed by atoms with Gasteiger partial charge in [-0.2, -0.15) is 0 Å². The van der Waals surface area contributed by atoms with Crippen molar-refractivity contribution in [3.63, 3.8) is 0 Å². The van der Waals surface area contributed by atoms with Gasteiger partial charge in [-0.15, -0.1) is 10.2 Å². The van der Waals surface area contributed by atoms with Gasteiger partial charge in [-0.3, -0.25) is 14.1 Å². The number of rotatable bonds is 8. The first kappa shape index (κ1) is 23.2. The second kappa shape index (κ2) is 9.59. The van der Waals surface area contributed by atoms with Crippen LogP contribution in [0, 0.1) is 0 Å². The van der Waals surface area contributed by atoms with Crippen molar-refractivity contribution in [2.24, 2.45) is 0 Å². The monoisotopic (exact) mass is 509 g/mol. The first-order valence-corrected chi connectivity index (χ1v) is 13.8. The number of nitrogens with zero attached hydrogens (tertiary/aromatic N) is 4. The number of carbonyl (C=O) groups excluding carboxylic acids is 1. The van der Waals surface area contributed by atoms with E-state index in [-0.39, 0.29) is 11.7 Å². The Bertz CT molecular complexity index is 1450. The number of furan rings is 1. The fourth-order valence-corrected chi connectivity index (χ4v) is 5.39. The number of hydrogen-bond acceptors (Lipinski definition) is 7. The Balaban J connectivity index is 1.38. The minimum absolute atomic E-state index is 0.0188. The third-order valence-electron chi connectivity index (χ3n) is 5.57. The maximum atomic E-state index is 13.0. The molecule has 1 aliphatic heterocycles. The maximum Gasteiger partial charge on any atom is 0.237 e. The average molecular weight is 510 g/mol. The highest BCUT2D eigenvalue weighted by Crippen LogP contribution is 2.30. The summed E-state index contributed by atoms with van der Waals surface area (Å²) in [6.45, 7) is 1.07. The minimum atomic E-state index is -3.37. The Kier molecular flexibility index (Phi) is 6.35. The predicted molar refractivity (Wildman–Crippen MR) is 135 cm³/mol. The summed E-state index contributed by atoms with van der Waals surface area (Å²) in [7, 11) is -3.37. The second-order valence-corrected chi connectivity index (χ2v) is 10.8. The van der Waals surface area contributed by atoms with Crippen molar-refractivity contribution in [3.8, 4) is 11.4 Å². The molecule has 5 rings (SSSR count). The van der Waals surface area contributed by atoms with Crippen molar-refractivity contribution in [2.75, 3.05) is 28.2 Å². The van der Waals surface area contributed by atoms with Crippen LogP contribution in [0.2, 0.25) is 0 Å². The van der Waals surface area contributed by atoms with Crippen molar-refractivity contribution in [3.05, 3.63) is 78.3 Å². The topological polar surface area (TPSA) is 110 Å². The lowest BCUT2D eigenvalue weighted by atomic mass is 10.2. The number of para-hydroxylation sites is 1. The molecule has 0 aliphatic carbocycles. The smallest absolute Gasteiger partial charge is 0.237 e. The Morgan fingerprint density at radius 1 is 1.09 bits per heavy atom. The number of hydrogen-bond donors (Lipinski definition) is 1. The molecule has 3 heterocycles. The van der Waals surface area contributed by atoms with Gasteiger partial charge in [-0.05, 0) is 54.4 Å². The molecule has 0 saturated heterocycles. The quantitative estimate of drug-likeness (QED) is 0.361. The Morgan fingerprint density at radius 2 is 1.89 bits per heavy atom. The van der Waals surface area contributed by atoms with Gasteiger partial charge in [0.2, 0.25) is 15.9 Å². The molecule has 1 amide bonds. The largest absolute Gasteiger partial charge is 0.467 e. The molecular formula is C24H23N5O4S2. The normalized spacial score (nSPS) is 13.1. The molecule has 11 heteroatoms. The zero-order valence-corrected chi connectivity index (χ0v) is 20.6. The molecule has 35 heavy (non-hydrogen) atoms. The van der Waals surface area contributed by atoms with Crippen molar-refractivity contribution < 1.29 is 17.6 Å². The number of fused-ring (bicyclic) bond motifs is 1. The van der Waals surface area contributed by atoms with Gasteiger partial charge in [0.25, 0.3) is 0 Å². The van der Waals surface area contributed by atoms with E-state index in [1.54, 1.807) is 30.5 Å². The molecule has 9 nitrogen and oxygen atoms in total. The number of benzene rings is 2. The number of amides is 1. The molecule has 4 aromatic rings. The fraction of sp³-hybridized carbons (Fsp3) is 0.208. The summed E-state index contributed by atoms with van der Waals surface area (Å²) in [6.07, 6.45) is 3.56. The lowest BCUT2D eigenvalue weighted by Crippen LogP contribution is -2.30. The molecule has 0 fully saturated rings. The average Bonchev–Trinajstić information content (AvgIpc) is 3.58. The molecule has 0 spiro atoms. The SMILES string of the molecule is CS(=O)(=O)Nc1ccc(-c2nnc(SCC(=O)N3CCc4ccccc43)n2Cc2ccco2)cc1. The van der Waals surface area contributed by atoms with E-state index < -0.39 is 10.0 Å². The third kappa shape index (κ3) is 5.25. The molecule has 0 atom stereocenters. The zero-order valence-electron chi connectivity index (χ0n) is 18.9. The van der Waals surface area contributed by atoms with Crippen molar-refractivity contribution in [1.29, 1.82) is 0 Å². The number of anilines is 2. The highest BCUT2D eigenvalue weighted by molar-refractivity contribution is 7.99. The van der Waals surface area contributed by atoms with Crippen LogP contribution in [0.4, 0.5) is 11.4 Å². The van der Waals surface area contributed by atoms with Gasteiger partial charge in [0.05, 0.1) is 24.8 Å². The van der Waals surface area contributed by atoms with Crippen LogP contribution in [0.3, 0.4) is 0 Å². The molecule has 1 N–H and O–H groups in total. The summed E-state index contributed by atoms with van der Waals surface area (Å²) in [4.78, 5) is 14.8. The van der Waals surface area contributed by atoms with E-state index in [4.69, 9.17) is 4.42 Å². The molecule has 1 aliphatic rings. The summed E-state index contributed by atoms with van der Waals surface area (Å²) < 4.78 is 32.9. The molecule has 0 bridgehead atoms. The number of carbonyl (C=O) groups is 1. The molecular weight excluding hydrogens is 486 g/mol. The van der Waals surface area contributed by atoms with Crippen LogP contribution in [0.5, 0.6) is 0 Å². The molecule has 0 radical (unpaired) electrons. The summed E-state index contributed by atoms with van der Waals surface area (Å²) in [5.41, 5.74) is 3.37. The van der Waals surface area contributed by atoms with E-state index in [1.165, 1.54) is 17.3 Å². The highest BCUT2D eigenvalue weighted by Gasteiger charge is 2.25. The number of thioether (sulfide) groups is 1. The molecule has 0 saturated carbocycles. The van der Waals surface area contributed by atoms with E-state index in [2.05, 4.69) is 21.0 Å². The summed E-state index contributed by atoms with van der Waals surface area (Å²) in [6, 6.07) is 18.5. The lowest BCUT2D eigenvalue weighted by molar-refractivity contribution is -0.116. The highest BCUT2D eigenvalue weighted by atomic mass is 32.2. The van der Waals surface area contributed by atoms with Crippen molar-refractivity contribution in [1.82, 2.24) is 14.8 Å². The van der Waals surface area contributed by atoms with Gasteiger partial charge >= 0.3 is 0 Å². The molecule has 180 valence electrons. The minimum Gasteiger partial charge on any atom is -0.467 e. The Labute approximate surface area is 207 Å². The van der Waals surface area contributed by atoms with Gasteiger partial charge in [0.1, 0.15) is 5.76 Å². The van der Waals surface area contributed by atoms with E-state index >= 15 is 0 Å². The zero-order chi connectivity index (χ0) is 24.4. The van der Waals surface area contributed by atoms with Crippen LogP contribution >= 0.6 is 11.8 Å². The molecule has 2 aromatic carbocycles. The van der Waals surface area contributed by atoms with Crippen molar-refractivity contribution >= 4 is 39.1 Å². The Hall–Kier alpha value is -3.57. The number of sulfonamides is 1. The van der Waals surface area contributed by atoms with Gasteiger partial charge in [-0.25, -0.2) is 8.42 Å². The summed E-state index contributed by atoms with van der Waals surface area (Å²) in [5.74, 6) is 1.56. The van der Waals surface area contributed by atoms with Crippen LogP contribution in [0.25, 0.3) is 11.4 Å². The van der Waals surface area contributed by atoms with E-state index in [1.807, 2.05) is 39.8 Å². The summed E-state index contributed by atoms with van der Waals surface area (Å²) >= 11 is 1.33. The molecule has 0 unspecified atom stereocenters. The van der Waals surface area contributed by atoms with Crippen LogP contribution in [0.15, 0.2) is 76.5 Å². The van der Waals surface area contributed by atoms with Gasteiger partial charge in [0, 0.05) is 23.5 Å². The van der Waals surface area contributed by atoms with Crippen LogP contribution in [-0.2, 0) is 27.8 Å². The van der Waals surface area contributed by atoms with Crippen LogP contribution < -0.4 is 9.62 Å². The van der Waals surface area contributed by atoms with E-state index in [9.17, 15) is 13.2 Å². The summed E-state index contributed by atoms with van der Waals surface area (Å²) in [5, 5.41) is 9.31. The van der Waals surface area contributed by atoms with Crippen molar-refractivity contribution in [2.45, 2.75) is 18.1 Å². The first-order valence-electron chi connectivity index (χ1n) is 10.9. The van der Waals surface area contributed by atoms with Gasteiger partial charge in [0.15, 0.2) is 11.0 Å². The number of aromatic nitrogens is 3. The third-order valence-corrected chi connectivity index (χ3v) is 7.13. The first-order chi connectivity index (χ1) is 16.9. The van der Waals surface area contributed by atoms with Gasteiger partial charge in [-0.1, -0.05) is 30.0 Å². The van der Waals surface area contributed by atoms with Gasteiger partial charge < -0.3 is 9.32 Å². The number of nitrogens with one attached hydrogen (secondary N) is 1. The standard InChI is InChI=1S/C24H23N5O4S2/c1-35(31,32)27-19-10-8-18(9-11-19)23-25-26-24(29(23)15-20-6-4-14-33-20)34-16-22(30)28-13-12-17-5-2-3-7-21(17)28/h2-11,14,27H,12-13,15-16H2,1H3. The maximum absolute atomic E-state index is 13.0. The Morgan fingerprint density at radius 3 is 2.63 bits per heavy atom. The van der Waals surface area contributed by atoms with Crippen LogP contribution in [0.1, 0.15) is 11.3 Å². The van der Waals surface area contributed by atoms with Crippen LogP contribution in [-0.4, -0.2) is 47.6 Å².